The van der Waals surface area contributed by atoms with E-state index in [1.165, 1.54) is 0 Å². The summed E-state index contributed by atoms with van der Waals surface area (Å²) < 4.78 is 10.4. The molecule has 1 aliphatic heterocycles. The van der Waals surface area contributed by atoms with Crippen LogP contribution in [0.5, 0.6) is 11.5 Å². The summed E-state index contributed by atoms with van der Waals surface area (Å²) in [5.41, 5.74) is 5.51. The van der Waals surface area contributed by atoms with E-state index in [1.807, 2.05) is 0 Å². The number of imide groups is 1. The Morgan fingerprint density at radius 1 is 1.07 bits per heavy atom. The number of carbonyl (C=O) groups is 3. The minimum atomic E-state index is -0.817. The first-order valence-electron chi connectivity index (χ1n) is 8.31. The third-order valence-corrected chi connectivity index (χ3v) is 3.98. The van der Waals surface area contributed by atoms with Crippen molar-refractivity contribution in [3.05, 3.63) is 54.6 Å². The van der Waals surface area contributed by atoms with Crippen molar-refractivity contribution in [2.24, 2.45) is 0 Å². The minimum absolute atomic E-state index is 0.0344. The maximum Gasteiger partial charge on any atom is 0.272 e. The molecule has 8 heteroatoms. The molecule has 3 amide bonds. The first-order chi connectivity index (χ1) is 13.1. The lowest BCUT2D eigenvalue weighted by molar-refractivity contribution is -0.125. The van der Waals surface area contributed by atoms with Crippen molar-refractivity contribution >= 4 is 23.4 Å². The minimum Gasteiger partial charge on any atom is -0.497 e. The number of carbonyl (C=O) groups excluding carboxylic acids is 3. The predicted molar refractivity (Wildman–Crippen MR) is 97.1 cm³/mol. The lowest BCUT2D eigenvalue weighted by atomic mass is 10.2. The number of nitrogens with zero attached hydrogens (tertiary/aromatic N) is 1. The molecule has 0 bridgehead atoms. The molecule has 2 N–H and O–H groups in total. The molecule has 0 saturated carbocycles. The molecule has 140 valence electrons. The van der Waals surface area contributed by atoms with Gasteiger partial charge < -0.3 is 9.47 Å². The van der Waals surface area contributed by atoms with Crippen LogP contribution in [0.25, 0.3) is 0 Å². The number of nitrogens with one attached hydrogen (secondary N) is 2. The fourth-order valence-corrected chi connectivity index (χ4v) is 2.62. The average Bonchev–Trinajstić information content (AvgIpc) is 2.99. The van der Waals surface area contributed by atoms with Crippen molar-refractivity contribution in [3.8, 4) is 11.5 Å². The number of hydrazine groups is 1. The van der Waals surface area contributed by atoms with Crippen molar-refractivity contribution < 1.29 is 23.9 Å². The van der Waals surface area contributed by atoms with Gasteiger partial charge in [-0.1, -0.05) is 18.2 Å². The van der Waals surface area contributed by atoms with Crippen molar-refractivity contribution in [3.63, 3.8) is 0 Å². The third kappa shape index (κ3) is 4.42. The number of para-hydroxylation sites is 1. The van der Waals surface area contributed by atoms with Crippen LogP contribution in [-0.2, 0) is 14.4 Å². The van der Waals surface area contributed by atoms with Crippen LogP contribution in [0.4, 0.5) is 5.69 Å². The fraction of sp³-hybridized carbons (Fsp3) is 0.211. The van der Waals surface area contributed by atoms with Crippen LogP contribution in [-0.4, -0.2) is 37.5 Å². The highest BCUT2D eigenvalue weighted by Gasteiger charge is 2.39. The summed E-state index contributed by atoms with van der Waals surface area (Å²) in [5, 5.41) is 0. The van der Waals surface area contributed by atoms with Gasteiger partial charge in [0.05, 0.1) is 19.2 Å². The molecule has 0 radical (unpaired) electrons. The van der Waals surface area contributed by atoms with E-state index in [1.54, 1.807) is 61.7 Å². The highest BCUT2D eigenvalue weighted by Crippen LogP contribution is 2.22. The molecular formula is C19H19N3O5. The van der Waals surface area contributed by atoms with Gasteiger partial charge in [-0.3, -0.25) is 19.8 Å². The molecule has 27 heavy (non-hydrogen) atoms. The van der Waals surface area contributed by atoms with Crippen molar-refractivity contribution in [1.29, 1.82) is 0 Å². The number of methoxy groups -OCH3 is 1. The number of benzene rings is 2. The van der Waals surface area contributed by atoms with Gasteiger partial charge >= 0.3 is 0 Å². The standard InChI is InChI=1S/C19H19N3O5/c1-26-14-7-9-15(10-8-14)27-12-17(23)21-20-16-11-18(24)22(19(16)25)13-5-3-2-4-6-13/h2-10,16,20H,11-12H2,1H3,(H,21,23). The summed E-state index contributed by atoms with van der Waals surface area (Å²) in [4.78, 5) is 37.5. The van der Waals surface area contributed by atoms with Crippen LogP contribution in [0.15, 0.2) is 54.6 Å². The third-order valence-electron chi connectivity index (χ3n) is 3.98. The smallest absolute Gasteiger partial charge is 0.272 e. The molecule has 1 atom stereocenters. The number of rotatable bonds is 7. The maximum absolute atomic E-state index is 12.4. The molecule has 8 nitrogen and oxygen atoms in total. The molecule has 1 aliphatic rings. The number of amides is 3. The van der Waals surface area contributed by atoms with Crippen LogP contribution in [0.3, 0.4) is 0 Å². The van der Waals surface area contributed by atoms with Gasteiger partial charge in [0, 0.05) is 0 Å². The Labute approximate surface area is 156 Å². The second-order valence-electron chi connectivity index (χ2n) is 5.82. The first-order valence-corrected chi connectivity index (χ1v) is 8.31. The molecule has 0 spiro atoms. The molecule has 1 unspecified atom stereocenters. The average molecular weight is 369 g/mol. The molecule has 3 rings (SSSR count). The zero-order valence-corrected chi connectivity index (χ0v) is 14.7. The van der Waals surface area contributed by atoms with Gasteiger partial charge in [0.2, 0.25) is 5.91 Å². The Kier molecular flexibility index (Phi) is 5.68. The van der Waals surface area contributed by atoms with E-state index in [4.69, 9.17) is 9.47 Å². The lowest BCUT2D eigenvalue weighted by Gasteiger charge is -2.16. The molecule has 2 aromatic rings. The Balaban J connectivity index is 1.48. The van der Waals surface area contributed by atoms with Gasteiger partial charge in [-0.2, -0.15) is 0 Å². The van der Waals surface area contributed by atoms with Gasteiger partial charge in [0.25, 0.3) is 11.8 Å². The Hall–Kier alpha value is -3.39. The molecule has 1 heterocycles. The Morgan fingerprint density at radius 3 is 2.41 bits per heavy atom. The first kappa shape index (κ1) is 18.4. The molecule has 1 saturated heterocycles. The van der Waals surface area contributed by atoms with E-state index < -0.39 is 17.9 Å². The second kappa shape index (κ2) is 8.33. The van der Waals surface area contributed by atoms with Gasteiger partial charge in [-0.05, 0) is 36.4 Å². The second-order valence-corrected chi connectivity index (χ2v) is 5.82. The maximum atomic E-state index is 12.4. The van der Waals surface area contributed by atoms with Crippen LogP contribution in [0.2, 0.25) is 0 Å². The normalized spacial score (nSPS) is 16.3. The monoisotopic (exact) mass is 369 g/mol. The van der Waals surface area contributed by atoms with Gasteiger partial charge in [-0.25, -0.2) is 10.3 Å². The van der Waals surface area contributed by atoms with Crippen LogP contribution < -0.4 is 25.2 Å². The van der Waals surface area contributed by atoms with Gasteiger partial charge in [0.1, 0.15) is 17.5 Å². The molecule has 1 fully saturated rings. The van der Waals surface area contributed by atoms with Gasteiger partial charge in [-0.15, -0.1) is 0 Å². The van der Waals surface area contributed by atoms with E-state index in [-0.39, 0.29) is 18.9 Å². The quantitative estimate of drug-likeness (QED) is 0.559. The highest BCUT2D eigenvalue weighted by molar-refractivity contribution is 6.22. The summed E-state index contributed by atoms with van der Waals surface area (Å²) in [6.07, 6.45) is -0.0344. The number of hydrogen-bond acceptors (Lipinski definition) is 6. The van der Waals surface area contributed by atoms with E-state index >= 15 is 0 Å². The predicted octanol–water partition coefficient (Wildman–Crippen LogP) is 1.03. The Bertz CT molecular complexity index is 823. The zero-order valence-electron chi connectivity index (χ0n) is 14.7. The summed E-state index contributed by atoms with van der Waals surface area (Å²) in [6.45, 7) is -0.239. The number of hydrogen-bond donors (Lipinski definition) is 2. The van der Waals surface area contributed by atoms with E-state index in [9.17, 15) is 14.4 Å². The summed E-state index contributed by atoms with van der Waals surface area (Å²) in [7, 11) is 1.56. The molecular weight excluding hydrogens is 350 g/mol. The van der Waals surface area contributed by atoms with Crippen LogP contribution in [0, 0.1) is 0 Å². The van der Waals surface area contributed by atoms with Gasteiger partial charge in [0.15, 0.2) is 6.61 Å². The molecule has 0 aromatic heterocycles. The molecule has 2 aromatic carbocycles. The van der Waals surface area contributed by atoms with E-state index in [2.05, 4.69) is 10.9 Å². The summed E-state index contributed by atoms with van der Waals surface area (Å²) >= 11 is 0. The number of ether oxygens (including phenoxy) is 2. The largest absolute Gasteiger partial charge is 0.497 e. The fourth-order valence-electron chi connectivity index (χ4n) is 2.62. The van der Waals surface area contributed by atoms with E-state index in [0.29, 0.717) is 17.2 Å². The van der Waals surface area contributed by atoms with Crippen molar-refractivity contribution in [1.82, 2.24) is 10.9 Å². The lowest BCUT2D eigenvalue weighted by Crippen LogP contribution is -2.49. The summed E-state index contributed by atoms with van der Waals surface area (Å²) in [5.74, 6) is -0.0200. The zero-order chi connectivity index (χ0) is 19.2. The Morgan fingerprint density at radius 2 is 1.74 bits per heavy atom. The topological polar surface area (TPSA) is 97.0 Å². The van der Waals surface area contributed by atoms with Crippen LogP contribution >= 0.6 is 0 Å². The van der Waals surface area contributed by atoms with Crippen LogP contribution in [0.1, 0.15) is 6.42 Å². The molecule has 0 aliphatic carbocycles. The highest BCUT2D eigenvalue weighted by atomic mass is 16.5. The van der Waals surface area contributed by atoms with Crippen molar-refractivity contribution in [2.75, 3.05) is 18.6 Å². The van der Waals surface area contributed by atoms with E-state index in [0.717, 1.165) is 4.90 Å². The summed E-state index contributed by atoms with van der Waals surface area (Å²) in [6, 6.07) is 14.6. The number of anilines is 1. The SMILES string of the molecule is COc1ccc(OCC(=O)NNC2CC(=O)N(c3ccccc3)C2=O)cc1. The van der Waals surface area contributed by atoms with Crippen molar-refractivity contribution in [2.45, 2.75) is 12.5 Å².